The summed E-state index contributed by atoms with van der Waals surface area (Å²) in [4.78, 5) is 44.0. The molecular formula is C23H32N4O7. The molecule has 0 bridgehead atoms. The second kappa shape index (κ2) is 14.7. The highest BCUT2D eigenvalue weighted by Gasteiger charge is 2.40. The third kappa shape index (κ3) is 12.0. The fourth-order valence-electron chi connectivity index (χ4n) is 2.98. The zero-order chi connectivity index (χ0) is 25.6. The topological polar surface area (TPSA) is 164 Å². The third-order valence-corrected chi connectivity index (χ3v) is 4.59. The number of nitrogens with zero attached hydrogens (tertiary/aromatic N) is 4. The number of rotatable bonds is 13. The Morgan fingerprint density at radius 2 is 1.29 bits per heavy atom. The van der Waals surface area contributed by atoms with E-state index in [0.29, 0.717) is 0 Å². The Morgan fingerprint density at radius 3 is 1.62 bits per heavy atom. The van der Waals surface area contributed by atoms with E-state index in [4.69, 9.17) is 20.4 Å². The molecule has 34 heavy (non-hydrogen) atoms. The van der Waals surface area contributed by atoms with Gasteiger partial charge in [0.05, 0.1) is 24.2 Å². The first-order chi connectivity index (χ1) is 16.0. The van der Waals surface area contributed by atoms with Gasteiger partial charge in [-0.3, -0.25) is 24.5 Å². The smallest absolute Gasteiger partial charge is 0.336 e. The first-order valence-electron chi connectivity index (χ1n) is 10.6. The average Bonchev–Trinajstić information content (AvgIpc) is 2.74. The van der Waals surface area contributed by atoms with Gasteiger partial charge in [-0.05, 0) is 51.3 Å². The minimum absolute atomic E-state index is 0.866. The van der Waals surface area contributed by atoms with Gasteiger partial charge in [-0.1, -0.05) is 12.1 Å². The Hall–Kier alpha value is -3.41. The van der Waals surface area contributed by atoms with Crippen molar-refractivity contribution in [2.24, 2.45) is 0 Å². The van der Waals surface area contributed by atoms with Crippen molar-refractivity contribution in [1.29, 1.82) is 0 Å². The summed E-state index contributed by atoms with van der Waals surface area (Å²) in [5.41, 5.74) is -0.519. The van der Waals surface area contributed by atoms with Crippen LogP contribution in [0.15, 0.2) is 48.8 Å². The Morgan fingerprint density at radius 1 is 0.824 bits per heavy atom. The van der Waals surface area contributed by atoms with Gasteiger partial charge in [-0.25, -0.2) is 4.79 Å². The highest BCUT2D eigenvalue weighted by molar-refractivity contribution is 5.88. The van der Waals surface area contributed by atoms with E-state index in [1.165, 1.54) is 0 Å². The maximum Gasteiger partial charge on any atom is 0.336 e. The molecule has 2 aromatic heterocycles. The van der Waals surface area contributed by atoms with Crippen LogP contribution >= 0.6 is 0 Å². The van der Waals surface area contributed by atoms with Crippen LogP contribution in [0.3, 0.4) is 0 Å². The molecule has 0 aliphatic carbocycles. The summed E-state index contributed by atoms with van der Waals surface area (Å²) < 4.78 is 0. The highest BCUT2D eigenvalue weighted by atomic mass is 16.4. The Bertz CT molecular complexity index is 837. The van der Waals surface area contributed by atoms with Crippen LogP contribution < -0.4 is 0 Å². The Labute approximate surface area is 198 Å². The summed E-state index contributed by atoms with van der Waals surface area (Å²) in [6.07, 6.45) is 2.57. The van der Waals surface area contributed by atoms with E-state index in [0.717, 1.165) is 44.0 Å². The largest absolute Gasteiger partial charge is 0.481 e. The fourth-order valence-corrected chi connectivity index (χ4v) is 2.98. The number of carboxylic acid groups (broad SMARTS) is 3. The lowest BCUT2D eigenvalue weighted by Crippen LogP contribution is -2.42. The standard InChI is InChI=1S/C17H24N4.C6H8O7/c1-20(2)12-7-13-21(14-16-8-3-5-10-18-16)15-17-9-4-6-11-19-17;7-3(8)1-6(13,5(11)12)2-4(9)10/h3-6,8-11H,7,12-15H2,1-2H3;13H,1-2H2,(H,7,8)(H,9,10)(H,11,12). The van der Waals surface area contributed by atoms with Crippen LogP contribution in [0.4, 0.5) is 0 Å². The van der Waals surface area contributed by atoms with Crippen molar-refractivity contribution in [1.82, 2.24) is 19.8 Å². The number of aliphatic carboxylic acids is 3. The molecule has 4 N–H and O–H groups in total. The van der Waals surface area contributed by atoms with E-state index >= 15 is 0 Å². The van der Waals surface area contributed by atoms with Crippen LogP contribution in [0.25, 0.3) is 0 Å². The van der Waals surface area contributed by atoms with Crippen molar-refractivity contribution < 1.29 is 34.8 Å². The van der Waals surface area contributed by atoms with Gasteiger partial charge in [0.2, 0.25) is 0 Å². The number of hydrogen-bond donors (Lipinski definition) is 4. The van der Waals surface area contributed by atoms with Gasteiger partial charge < -0.3 is 25.3 Å². The molecule has 0 spiro atoms. The molecule has 2 aromatic rings. The van der Waals surface area contributed by atoms with Crippen LogP contribution in [0.1, 0.15) is 30.7 Å². The molecule has 11 nitrogen and oxygen atoms in total. The number of aromatic nitrogens is 2. The van der Waals surface area contributed by atoms with E-state index in [2.05, 4.69) is 46.0 Å². The van der Waals surface area contributed by atoms with Gasteiger partial charge in [0.15, 0.2) is 5.60 Å². The van der Waals surface area contributed by atoms with Crippen molar-refractivity contribution in [3.05, 3.63) is 60.2 Å². The van der Waals surface area contributed by atoms with Crippen molar-refractivity contribution in [3.8, 4) is 0 Å². The molecule has 0 aliphatic heterocycles. The molecule has 0 saturated heterocycles. The normalized spacial score (nSPS) is 11.1. The fraction of sp³-hybridized carbons (Fsp3) is 0.435. The lowest BCUT2D eigenvalue weighted by Gasteiger charge is -2.22. The van der Waals surface area contributed by atoms with E-state index in [-0.39, 0.29) is 0 Å². The van der Waals surface area contributed by atoms with Gasteiger partial charge in [-0.2, -0.15) is 0 Å². The molecule has 2 rings (SSSR count). The van der Waals surface area contributed by atoms with Gasteiger partial charge in [0.1, 0.15) is 0 Å². The van der Waals surface area contributed by atoms with Crippen molar-refractivity contribution in [3.63, 3.8) is 0 Å². The van der Waals surface area contributed by atoms with E-state index < -0.39 is 36.4 Å². The first kappa shape index (κ1) is 28.6. The number of aliphatic hydroxyl groups is 1. The molecule has 0 amide bonds. The molecule has 0 atom stereocenters. The number of carbonyl (C=O) groups is 3. The van der Waals surface area contributed by atoms with Crippen LogP contribution in [0, 0.1) is 0 Å². The van der Waals surface area contributed by atoms with E-state index in [1.54, 1.807) is 0 Å². The predicted molar refractivity (Wildman–Crippen MR) is 123 cm³/mol. The van der Waals surface area contributed by atoms with Crippen molar-refractivity contribution in [2.45, 2.75) is 38.0 Å². The minimum atomic E-state index is -2.74. The average molecular weight is 477 g/mol. The van der Waals surface area contributed by atoms with Crippen LogP contribution in [0.2, 0.25) is 0 Å². The van der Waals surface area contributed by atoms with Gasteiger partial charge in [0.25, 0.3) is 0 Å². The number of carboxylic acids is 3. The van der Waals surface area contributed by atoms with Gasteiger partial charge >= 0.3 is 17.9 Å². The quantitative estimate of drug-likeness (QED) is 0.328. The maximum absolute atomic E-state index is 10.3. The first-order valence-corrected chi connectivity index (χ1v) is 10.6. The summed E-state index contributed by atoms with van der Waals surface area (Å²) in [6.45, 7) is 3.88. The van der Waals surface area contributed by atoms with Crippen molar-refractivity contribution >= 4 is 17.9 Å². The van der Waals surface area contributed by atoms with Gasteiger partial charge in [-0.15, -0.1) is 0 Å². The molecule has 0 aliphatic rings. The zero-order valence-corrected chi connectivity index (χ0v) is 19.4. The molecule has 0 fully saturated rings. The Kier molecular flexibility index (Phi) is 12.4. The minimum Gasteiger partial charge on any atom is -0.481 e. The lowest BCUT2D eigenvalue weighted by atomic mass is 9.96. The van der Waals surface area contributed by atoms with Gasteiger partial charge in [0, 0.05) is 32.0 Å². The van der Waals surface area contributed by atoms with Crippen LogP contribution in [-0.2, 0) is 27.5 Å². The maximum atomic E-state index is 10.3. The lowest BCUT2D eigenvalue weighted by molar-refractivity contribution is -0.170. The van der Waals surface area contributed by atoms with E-state index in [1.807, 2.05) is 36.7 Å². The molecule has 0 unspecified atom stereocenters. The summed E-state index contributed by atoms with van der Waals surface area (Å²) in [7, 11) is 4.23. The van der Waals surface area contributed by atoms with Crippen LogP contribution in [-0.4, -0.2) is 90.9 Å². The highest BCUT2D eigenvalue weighted by Crippen LogP contribution is 2.15. The third-order valence-electron chi connectivity index (χ3n) is 4.59. The number of hydrogen-bond acceptors (Lipinski definition) is 8. The predicted octanol–water partition coefficient (Wildman–Crippen LogP) is 1.18. The second-order valence-electron chi connectivity index (χ2n) is 7.99. The summed E-state index contributed by atoms with van der Waals surface area (Å²) in [5.74, 6) is -5.02. The molecule has 0 saturated carbocycles. The summed E-state index contributed by atoms with van der Waals surface area (Å²) >= 11 is 0. The molecule has 2 heterocycles. The second-order valence-corrected chi connectivity index (χ2v) is 7.99. The monoisotopic (exact) mass is 476 g/mol. The van der Waals surface area contributed by atoms with Crippen LogP contribution in [0.5, 0.6) is 0 Å². The summed E-state index contributed by atoms with van der Waals surface area (Å²) in [6, 6.07) is 12.2. The molecule has 0 aromatic carbocycles. The molecule has 11 heteroatoms. The Balaban J connectivity index is 0.000000385. The molecular weight excluding hydrogens is 444 g/mol. The number of pyridine rings is 2. The summed E-state index contributed by atoms with van der Waals surface area (Å²) in [5, 5.41) is 33.8. The molecule has 0 radical (unpaired) electrons. The van der Waals surface area contributed by atoms with Crippen molar-refractivity contribution in [2.75, 3.05) is 27.2 Å². The van der Waals surface area contributed by atoms with E-state index in [9.17, 15) is 14.4 Å². The molecule has 186 valence electrons. The SMILES string of the molecule is CN(C)CCCN(Cc1ccccn1)Cc1ccccn1.O=C(O)CC(O)(CC(=O)O)C(=O)O. The zero-order valence-electron chi connectivity index (χ0n) is 19.4.